The summed E-state index contributed by atoms with van der Waals surface area (Å²) in [5, 5.41) is 3.70. The number of carbonyl (C=O) groups excluding carboxylic acids is 1. The summed E-state index contributed by atoms with van der Waals surface area (Å²) in [7, 11) is -3.24. The zero-order chi connectivity index (χ0) is 23.6. The van der Waals surface area contributed by atoms with Crippen molar-refractivity contribution in [2.45, 2.75) is 37.6 Å². The number of anilines is 2. The lowest BCUT2D eigenvalue weighted by molar-refractivity contribution is -0.115. The molecule has 0 aromatic heterocycles. The van der Waals surface area contributed by atoms with E-state index in [2.05, 4.69) is 29.3 Å². The Kier molecular flexibility index (Phi) is 6.77. The maximum absolute atomic E-state index is 12.6. The summed E-state index contributed by atoms with van der Waals surface area (Å²) in [5.41, 5.74) is 5.08. The van der Waals surface area contributed by atoms with Gasteiger partial charge in [-0.25, -0.2) is 8.42 Å². The SMILES string of the molecule is CCS(=O)(=O)c1ccc(CC(=O)Nc2ccc3c(c2)CCN3C(C)c2cccc(Cl)c2)cc1. The van der Waals surface area contributed by atoms with E-state index in [1.54, 1.807) is 31.2 Å². The van der Waals surface area contributed by atoms with Gasteiger partial charge in [-0.1, -0.05) is 42.8 Å². The third-order valence-electron chi connectivity index (χ3n) is 6.12. The molecule has 1 atom stereocenters. The molecule has 3 aromatic carbocycles. The molecule has 0 saturated carbocycles. The number of benzene rings is 3. The predicted molar refractivity (Wildman–Crippen MR) is 134 cm³/mol. The minimum atomic E-state index is -3.24. The highest BCUT2D eigenvalue weighted by Crippen LogP contribution is 2.37. The number of halogens is 1. The van der Waals surface area contributed by atoms with Crippen LogP contribution >= 0.6 is 11.6 Å². The topological polar surface area (TPSA) is 66.5 Å². The van der Waals surface area contributed by atoms with Crippen molar-refractivity contribution in [3.8, 4) is 0 Å². The van der Waals surface area contributed by atoms with Gasteiger partial charge in [-0.15, -0.1) is 0 Å². The monoisotopic (exact) mass is 482 g/mol. The fraction of sp³-hybridized carbons (Fsp3) is 0.269. The van der Waals surface area contributed by atoms with Crippen molar-refractivity contribution in [1.82, 2.24) is 0 Å². The van der Waals surface area contributed by atoms with Crippen LogP contribution in [0.15, 0.2) is 71.6 Å². The molecular formula is C26H27ClN2O3S. The van der Waals surface area contributed by atoms with Gasteiger partial charge in [-0.05, 0) is 72.5 Å². The normalized spacial score (nSPS) is 14.1. The number of rotatable bonds is 7. The van der Waals surface area contributed by atoms with Crippen molar-refractivity contribution in [1.29, 1.82) is 0 Å². The van der Waals surface area contributed by atoms with Gasteiger partial charge in [-0.2, -0.15) is 0 Å². The second-order valence-electron chi connectivity index (χ2n) is 8.29. The van der Waals surface area contributed by atoms with Crippen molar-refractivity contribution in [3.63, 3.8) is 0 Å². The van der Waals surface area contributed by atoms with E-state index < -0.39 is 9.84 Å². The average molecular weight is 483 g/mol. The van der Waals surface area contributed by atoms with E-state index in [9.17, 15) is 13.2 Å². The highest BCUT2D eigenvalue weighted by molar-refractivity contribution is 7.91. The average Bonchev–Trinajstić information content (AvgIpc) is 3.22. The lowest BCUT2D eigenvalue weighted by Crippen LogP contribution is -2.24. The van der Waals surface area contributed by atoms with Crippen LogP contribution in [-0.2, 0) is 27.5 Å². The molecule has 5 nitrogen and oxygen atoms in total. The number of hydrogen-bond donors (Lipinski definition) is 1. The summed E-state index contributed by atoms with van der Waals surface area (Å²) in [4.78, 5) is 15.2. The molecule has 3 aromatic rings. The van der Waals surface area contributed by atoms with Crippen LogP contribution in [0.1, 0.15) is 36.6 Å². The molecule has 33 heavy (non-hydrogen) atoms. The van der Waals surface area contributed by atoms with Gasteiger partial charge in [0, 0.05) is 22.9 Å². The molecule has 1 aliphatic heterocycles. The number of carbonyl (C=O) groups is 1. The van der Waals surface area contributed by atoms with Gasteiger partial charge >= 0.3 is 0 Å². The number of nitrogens with one attached hydrogen (secondary N) is 1. The summed E-state index contributed by atoms with van der Waals surface area (Å²) in [6, 6.07) is 20.7. The first-order valence-corrected chi connectivity index (χ1v) is 13.1. The Hall–Kier alpha value is -2.83. The Bertz CT molecular complexity index is 1270. The van der Waals surface area contributed by atoms with Crippen molar-refractivity contribution in [3.05, 3.63) is 88.4 Å². The van der Waals surface area contributed by atoms with Crippen LogP contribution in [0.4, 0.5) is 11.4 Å². The van der Waals surface area contributed by atoms with E-state index >= 15 is 0 Å². The third kappa shape index (κ3) is 5.23. The molecule has 1 aliphatic rings. The van der Waals surface area contributed by atoms with E-state index in [1.165, 1.54) is 16.8 Å². The molecule has 1 amide bonds. The Morgan fingerprint density at radius 1 is 1.09 bits per heavy atom. The van der Waals surface area contributed by atoms with Crippen molar-refractivity contribution in [2.24, 2.45) is 0 Å². The molecule has 4 rings (SSSR count). The first-order chi connectivity index (χ1) is 15.8. The molecular weight excluding hydrogens is 456 g/mol. The van der Waals surface area contributed by atoms with Crippen LogP contribution in [0.2, 0.25) is 5.02 Å². The van der Waals surface area contributed by atoms with Crippen molar-refractivity contribution < 1.29 is 13.2 Å². The van der Waals surface area contributed by atoms with E-state index in [1.807, 2.05) is 30.3 Å². The summed E-state index contributed by atoms with van der Waals surface area (Å²) in [5.74, 6) is -0.0799. The summed E-state index contributed by atoms with van der Waals surface area (Å²) in [6.07, 6.45) is 1.10. The molecule has 0 bridgehead atoms. The molecule has 0 radical (unpaired) electrons. The molecule has 0 saturated heterocycles. The molecule has 0 fully saturated rings. The molecule has 7 heteroatoms. The molecule has 1 N–H and O–H groups in total. The zero-order valence-electron chi connectivity index (χ0n) is 18.7. The second-order valence-corrected chi connectivity index (χ2v) is 11.0. The van der Waals surface area contributed by atoms with Gasteiger partial charge < -0.3 is 10.2 Å². The van der Waals surface area contributed by atoms with Gasteiger partial charge in [0.05, 0.1) is 23.1 Å². The smallest absolute Gasteiger partial charge is 0.228 e. The van der Waals surface area contributed by atoms with E-state index in [-0.39, 0.29) is 29.0 Å². The first kappa shape index (κ1) is 23.3. The second kappa shape index (κ2) is 9.57. The van der Waals surface area contributed by atoms with E-state index in [4.69, 9.17) is 11.6 Å². The number of sulfone groups is 1. The Morgan fingerprint density at radius 2 is 1.85 bits per heavy atom. The highest BCUT2D eigenvalue weighted by atomic mass is 35.5. The highest BCUT2D eigenvalue weighted by Gasteiger charge is 2.25. The maximum Gasteiger partial charge on any atom is 0.228 e. The van der Waals surface area contributed by atoms with E-state index in [0.717, 1.165) is 29.2 Å². The van der Waals surface area contributed by atoms with Gasteiger partial charge in [0.1, 0.15) is 0 Å². The third-order valence-corrected chi connectivity index (χ3v) is 8.11. The van der Waals surface area contributed by atoms with Crippen LogP contribution in [-0.4, -0.2) is 26.6 Å². The summed E-state index contributed by atoms with van der Waals surface area (Å²) in [6.45, 7) is 4.70. The predicted octanol–water partition coefficient (Wildman–Crippen LogP) is 5.44. The van der Waals surface area contributed by atoms with Gasteiger partial charge in [0.15, 0.2) is 9.84 Å². The molecule has 0 spiro atoms. The standard InChI is InChI=1S/C26H27ClN2O3S/c1-3-33(31,32)24-10-7-19(8-11-24)15-26(30)28-23-9-12-25-21(17-23)13-14-29(25)18(2)20-5-4-6-22(27)16-20/h4-12,16-18H,3,13-15H2,1-2H3,(H,28,30). The number of hydrogen-bond acceptors (Lipinski definition) is 4. The van der Waals surface area contributed by atoms with Gasteiger partial charge in [0.2, 0.25) is 5.91 Å². The number of fused-ring (bicyclic) bond motifs is 1. The minimum absolute atomic E-state index is 0.0560. The minimum Gasteiger partial charge on any atom is -0.364 e. The fourth-order valence-corrected chi connectivity index (χ4v) is 5.31. The fourth-order valence-electron chi connectivity index (χ4n) is 4.23. The Balaban J connectivity index is 1.42. The first-order valence-electron chi connectivity index (χ1n) is 11.0. The Morgan fingerprint density at radius 3 is 2.55 bits per heavy atom. The van der Waals surface area contributed by atoms with Crippen LogP contribution in [0.25, 0.3) is 0 Å². The van der Waals surface area contributed by atoms with Crippen LogP contribution < -0.4 is 10.2 Å². The van der Waals surface area contributed by atoms with Gasteiger partial charge in [0.25, 0.3) is 0 Å². The molecule has 0 aliphatic carbocycles. The Labute approximate surface area is 200 Å². The lowest BCUT2D eigenvalue weighted by Gasteiger charge is -2.28. The van der Waals surface area contributed by atoms with Gasteiger partial charge in [-0.3, -0.25) is 4.79 Å². The molecule has 1 unspecified atom stereocenters. The lowest BCUT2D eigenvalue weighted by atomic mass is 10.1. The van der Waals surface area contributed by atoms with Crippen molar-refractivity contribution in [2.75, 3.05) is 22.5 Å². The summed E-state index contributed by atoms with van der Waals surface area (Å²) < 4.78 is 23.9. The van der Waals surface area contributed by atoms with Crippen LogP contribution in [0.5, 0.6) is 0 Å². The summed E-state index contributed by atoms with van der Waals surface area (Å²) >= 11 is 6.17. The quantitative estimate of drug-likeness (QED) is 0.487. The maximum atomic E-state index is 12.6. The molecule has 1 heterocycles. The number of amides is 1. The largest absolute Gasteiger partial charge is 0.364 e. The van der Waals surface area contributed by atoms with E-state index in [0.29, 0.717) is 0 Å². The van der Waals surface area contributed by atoms with Crippen LogP contribution in [0.3, 0.4) is 0 Å². The number of nitrogens with zero attached hydrogens (tertiary/aromatic N) is 1. The van der Waals surface area contributed by atoms with Crippen molar-refractivity contribution >= 4 is 38.7 Å². The van der Waals surface area contributed by atoms with Crippen LogP contribution in [0, 0.1) is 0 Å². The zero-order valence-corrected chi connectivity index (χ0v) is 20.3. The molecule has 172 valence electrons.